The molecule has 1 atom stereocenters. The third-order valence-corrected chi connectivity index (χ3v) is 8.86. The van der Waals surface area contributed by atoms with Gasteiger partial charge in [-0.05, 0) is 66.6 Å². The molecule has 1 saturated heterocycles. The highest BCUT2D eigenvalue weighted by Crippen LogP contribution is 2.45. The Morgan fingerprint density at radius 3 is 2.38 bits per heavy atom. The standard InChI is InChI=1S/C30H26ClN3O6S2/c1-4-40-21-12-7-18(8-13-21)26(35)24-25(19-9-14-22(38-2)23(15-19)39-3)34(28(37)27(24)36)29-32-33-30(42-29)41-16-17-5-10-20(31)11-6-17/h5-15,25,35H,4,16H2,1-3H3/b26-24-. The second-order valence-corrected chi connectivity index (χ2v) is 11.6. The number of nitrogens with zero attached hydrogens (tertiary/aromatic N) is 3. The van der Waals surface area contributed by atoms with Crippen LogP contribution in [0.4, 0.5) is 5.13 Å². The lowest BCUT2D eigenvalue weighted by molar-refractivity contribution is -0.132. The first-order valence-electron chi connectivity index (χ1n) is 12.8. The molecule has 1 amide bonds. The average molecular weight is 624 g/mol. The number of Topliss-reactive ketones (excluding diaryl/α,β-unsaturated/α-hetero) is 1. The summed E-state index contributed by atoms with van der Waals surface area (Å²) in [7, 11) is 3.01. The van der Waals surface area contributed by atoms with Crippen molar-refractivity contribution in [1.82, 2.24) is 10.2 Å². The number of ether oxygens (including phenoxy) is 3. The van der Waals surface area contributed by atoms with Crippen LogP contribution in [0.1, 0.15) is 29.7 Å². The van der Waals surface area contributed by atoms with Crippen molar-refractivity contribution < 1.29 is 28.9 Å². The van der Waals surface area contributed by atoms with Crippen LogP contribution in [0.2, 0.25) is 5.02 Å². The van der Waals surface area contributed by atoms with E-state index in [9.17, 15) is 14.7 Å². The number of hydrogen-bond acceptors (Lipinski definition) is 10. The number of methoxy groups -OCH3 is 2. The molecule has 1 fully saturated rings. The molecule has 12 heteroatoms. The smallest absolute Gasteiger partial charge is 0.301 e. The molecule has 0 bridgehead atoms. The van der Waals surface area contributed by atoms with Crippen LogP contribution >= 0.6 is 34.7 Å². The van der Waals surface area contributed by atoms with Crippen molar-refractivity contribution in [3.8, 4) is 17.2 Å². The first-order chi connectivity index (χ1) is 20.3. The van der Waals surface area contributed by atoms with Gasteiger partial charge in [-0.2, -0.15) is 0 Å². The Hall–Kier alpha value is -4.06. The zero-order valence-electron chi connectivity index (χ0n) is 22.9. The van der Waals surface area contributed by atoms with Crippen LogP contribution in [0.15, 0.2) is 76.6 Å². The third kappa shape index (κ3) is 5.94. The lowest BCUT2D eigenvalue weighted by Crippen LogP contribution is -2.29. The topological polar surface area (TPSA) is 111 Å². The van der Waals surface area contributed by atoms with Gasteiger partial charge >= 0.3 is 5.91 Å². The van der Waals surface area contributed by atoms with Gasteiger partial charge in [0.05, 0.1) is 32.4 Å². The molecule has 0 radical (unpaired) electrons. The van der Waals surface area contributed by atoms with Crippen LogP contribution in [-0.2, 0) is 15.3 Å². The average Bonchev–Trinajstić information content (AvgIpc) is 3.58. The maximum absolute atomic E-state index is 13.5. The van der Waals surface area contributed by atoms with Crippen molar-refractivity contribution in [3.05, 3.63) is 94.0 Å². The Morgan fingerprint density at radius 1 is 1.00 bits per heavy atom. The Balaban J connectivity index is 1.56. The molecule has 216 valence electrons. The van der Waals surface area contributed by atoms with Gasteiger partial charge in [-0.1, -0.05) is 52.9 Å². The number of aromatic nitrogens is 2. The second-order valence-electron chi connectivity index (χ2n) is 9.01. The second kappa shape index (κ2) is 12.8. The van der Waals surface area contributed by atoms with E-state index in [4.69, 9.17) is 25.8 Å². The molecule has 0 saturated carbocycles. The quantitative estimate of drug-likeness (QED) is 0.0693. The molecule has 9 nitrogen and oxygen atoms in total. The zero-order chi connectivity index (χ0) is 29.8. The molecule has 1 aliphatic heterocycles. The van der Waals surface area contributed by atoms with Crippen molar-refractivity contribution in [1.29, 1.82) is 0 Å². The van der Waals surface area contributed by atoms with Crippen LogP contribution in [0.25, 0.3) is 5.76 Å². The third-order valence-electron chi connectivity index (χ3n) is 6.48. The van der Waals surface area contributed by atoms with Gasteiger partial charge in [0.15, 0.2) is 15.8 Å². The molecule has 3 aromatic carbocycles. The Kier molecular flexibility index (Phi) is 9.00. The number of anilines is 1. The van der Waals surface area contributed by atoms with Gasteiger partial charge in [-0.15, -0.1) is 10.2 Å². The van der Waals surface area contributed by atoms with E-state index in [0.29, 0.717) is 50.1 Å². The lowest BCUT2D eigenvalue weighted by Gasteiger charge is -2.23. The van der Waals surface area contributed by atoms with Gasteiger partial charge in [-0.25, -0.2) is 0 Å². The predicted octanol–water partition coefficient (Wildman–Crippen LogP) is 6.53. The number of amides is 1. The molecule has 42 heavy (non-hydrogen) atoms. The van der Waals surface area contributed by atoms with E-state index in [1.165, 1.54) is 42.2 Å². The SMILES string of the molecule is CCOc1ccc(/C(O)=C2/C(=O)C(=O)N(c3nnc(SCc4ccc(Cl)cc4)s3)C2c2ccc(OC)c(OC)c2)cc1. The molecule has 1 unspecified atom stereocenters. The number of benzene rings is 3. The van der Waals surface area contributed by atoms with Crippen LogP contribution in [-0.4, -0.2) is 47.8 Å². The number of halogens is 1. The Morgan fingerprint density at radius 2 is 1.71 bits per heavy atom. The summed E-state index contributed by atoms with van der Waals surface area (Å²) in [5.41, 5.74) is 1.84. The Labute approximate surface area is 255 Å². The fraction of sp³-hybridized carbons (Fsp3) is 0.200. The van der Waals surface area contributed by atoms with E-state index >= 15 is 0 Å². The number of rotatable bonds is 10. The Bertz CT molecular complexity index is 1640. The normalized spacial score (nSPS) is 16.1. The summed E-state index contributed by atoms with van der Waals surface area (Å²) < 4.78 is 17.0. The molecule has 4 aromatic rings. The van der Waals surface area contributed by atoms with Crippen LogP contribution in [0.5, 0.6) is 17.2 Å². The van der Waals surface area contributed by atoms with Crippen molar-refractivity contribution in [2.75, 3.05) is 25.7 Å². The van der Waals surface area contributed by atoms with E-state index in [0.717, 1.165) is 5.56 Å². The lowest BCUT2D eigenvalue weighted by atomic mass is 9.95. The van der Waals surface area contributed by atoms with E-state index in [-0.39, 0.29) is 16.5 Å². The number of carbonyl (C=O) groups excluding carboxylic acids is 2. The number of carbonyl (C=O) groups is 2. The summed E-state index contributed by atoms with van der Waals surface area (Å²) in [4.78, 5) is 28.3. The molecule has 1 N–H and O–H groups in total. The fourth-order valence-electron chi connectivity index (χ4n) is 4.48. The van der Waals surface area contributed by atoms with Crippen molar-refractivity contribution in [2.45, 2.75) is 23.1 Å². The predicted molar refractivity (Wildman–Crippen MR) is 163 cm³/mol. The maximum Gasteiger partial charge on any atom is 0.301 e. The van der Waals surface area contributed by atoms with Crippen molar-refractivity contribution >= 4 is 57.3 Å². The van der Waals surface area contributed by atoms with E-state index in [1.54, 1.807) is 42.5 Å². The van der Waals surface area contributed by atoms with E-state index in [2.05, 4.69) is 10.2 Å². The van der Waals surface area contributed by atoms with Gasteiger partial charge in [0.25, 0.3) is 5.78 Å². The molecule has 0 spiro atoms. The summed E-state index contributed by atoms with van der Waals surface area (Å²) in [6.45, 7) is 2.35. The number of aliphatic hydroxyl groups is 1. The monoisotopic (exact) mass is 623 g/mol. The van der Waals surface area contributed by atoms with Crippen molar-refractivity contribution in [3.63, 3.8) is 0 Å². The highest BCUT2D eigenvalue weighted by Gasteiger charge is 2.48. The maximum atomic E-state index is 13.5. The minimum absolute atomic E-state index is 0.0815. The molecule has 1 aliphatic rings. The largest absolute Gasteiger partial charge is 0.507 e. The minimum Gasteiger partial charge on any atom is -0.507 e. The number of hydrogen-bond donors (Lipinski definition) is 1. The number of ketones is 1. The molecule has 0 aliphatic carbocycles. The summed E-state index contributed by atoms with van der Waals surface area (Å²) in [6.07, 6.45) is 0. The van der Waals surface area contributed by atoms with Crippen LogP contribution in [0.3, 0.4) is 0 Å². The number of thioether (sulfide) groups is 1. The number of aliphatic hydroxyl groups excluding tert-OH is 1. The van der Waals surface area contributed by atoms with Crippen molar-refractivity contribution in [2.24, 2.45) is 0 Å². The first kappa shape index (κ1) is 29.4. The molecular weight excluding hydrogens is 598 g/mol. The van der Waals surface area contributed by atoms with Gasteiger partial charge < -0.3 is 19.3 Å². The highest BCUT2D eigenvalue weighted by atomic mass is 35.5. The van der Waals surface area contributed by atoms with E-state index < -0.39 is 17.7 Å². The van der Waals surface area contributed by atoms with Gasteiger partial charge in [0.2, 0.25) is 5.13 Å². The van der Waals surface area contributed by atoms with Crippen LogP contribution < -0.4 is 19.1 Å². The minimum atomic E-state index is -1.00. The van der Waals surface area contributed by atoms with Crippen LogP contribution in [0, 0.1) is 0 Å². The highest BCUT2D eigenvalue weighted by molar-refractivity contribution is 8.00. The molecule has 2 heterocycles. The van der Waals surface area contributed by atoms with Gasteiger partial charge in [0.1, 0.15) is 11.5 Å². The zero-order valence-corrected chi connectivity index (χ0v) is 25.3. The summed E-state index contributed by atoms with van der Waals surface area (Å²) in [5.74, 6) is 0.115. The summed E-state index contributed by atoms with van der Waals surface area (Å²) >= 11 is 8.62. The van der Waals surface area contributed by atoms with Gasteiger partial charge in [0, 0.05) is 16.3 Å². The molecule has 1 aromatic heterocycles. The molecular formula is C30H26ClN3O6S2. The fourth-order valence-corrected chi connectivity index (χ4v) is 6.43. The summed E-state index contributed by atoms with van der Waals surface area (Å²) in [6, 6.07) is 18.2. The van der Waals surface area contributed by atoms with E-state index in [1.807, 2.05) is 31.2 Å². The summed E-state index contributed by atoms with van der Waals surface area (Å²) in [5, 5.41) is 20.8. The first-order valence-corrected chi connectivity index (χ1v) is 15.0. The van der Waals surface area contributed by atoms with Gasteiger partial charge in [-0.3, -0.25) is 14.5 Å². The molecule has 5 rings (SSSR count).